The molecule has 7 heteroatoms. The lowest BCUT2D eigenvalue weighted by molar-refractivity contribution is 0.0696. The molecule has 2 heterocycles. The van der Waals surface area contributed by atoms with Crippen molar-refractivity contribution < 1.29 is 14.7 Å². The molecule has 0 fully saturated rings. The SMILES string of the molecule is O=Cc1ccnc(SSc2cc(C(=O)O)ccn2)c1. The largest absolute Gasteiger partial charge is 0.478 e. The summed E-state index contributed by atoms with van der Waals surface area (Å²) in [4.78, 5) is 29.6. The molecule has 19 heavy (non-hydrogen) atoms. The fourth-order valence-corrected chi connectivity index (χ4v) is 3.01. The second-order valence-electron chi connectivity index (χ2n) is 3.40. The van der Waals surface area contributed by atoms with Gasteiger partial charge in [0.05, 0.1) is 5.56 Å². The quantitative estimate of drug-likeness (QED) is 0.670. The lowest BCUT2D eigenvalue weighted by Gasteiger charge is -2.01. The molecule has 0 bridgehead atoms. The number of hydrogen-bond acceptors (Lipinski definition) is 6. The fourth-order valence-electron chi connectivity index (χ4n) is 1.22. The van der Waals surface area contributed by atoms with Gasteiger partial charge in [-0.1, -0.05) is 0 Å². The standard InChI is InChI=1S/C12H8N2O3S2/c15-7-8-1-3-13-10(5-8)18-19-11-6-9(12(16)17)2-4-14-11/h1-7H,(H,16,17). The zero-order chi connectivity index (χ0) is 13.7. The van der Waals surface area contributed by atoms with Crippen LogP contribution in [0.5, 0.6) is 0 Å². The monoisotopic (exact) mass is 292 g/mol. The van der Waals surface area contributed by atoms with Crippen molar-refractivity contribution in [2.45, 2.75) is 10.1 Å². The van der Waals surface area contributed by atoms with E-state index < -0.39 is 5.97 Å². The van der Waals surface area contributed by atoms with E-state index >= 15 is 0 Å². The molecule has 96 valence electrons. The van der Waals surface area contributed by atoms with Gasteiger partial charge >= 0.3 is 5.97 Å². The van der Waals surface area contributed by atoms with Gasteiger partial charge in [-0.3, -0.25) is 4.79 Å². The highest BCUT2D eigenvalue weighted by atomic mass is 33.1. The summed E-state index contributed by atoms with van der Waals surface area (Å²) in [6, 6.07) is 6.20. The van der Waals surface area contributed by atoms with Gasteiger partial charge in [-0.15, -0.1) is 0 Å². The van der Waals surface area contributed by atoms with Gasteiger partial charge < -0.3 is 5.11 Å². The molecule has 5 nitrogen and oxygen atoms in total. The molecule has 0 amide bonds. The molecule has 0 spiro atoms. The summed E-state index contributed by atoms with van der Waals surface area (Å²) in [7, 11) is 2.60. The Hall–Kier alpha value is -1.86. The highest BCUT2D eigenvalue weighted by molar-refractivity contribution is 8.76. The number of pyridine rings is 2. The van der Waals surface area contributed by atoms with Crippen LogP contribution in [0.3, 0.4) is 0 Å². The molecule has 0 radical (unpaired) electrons. The van der Waals surface area contributed by atoms with Crippen LogP contribution < -0.4 is 0 Å². The third kappa shape index (κ3) is 3.80. The van der Waals surface area contributed by atoms with E-state index in [0.29, 0.717) is 15.6 Å². The van der Waals surface area contributed by atoms with Gasteiger partial charge in [0, 0.05) is 18.0 Å². The average Bonchev–Trinajstić information content (AvgIpc) is 2.45. The normalized spacial score (nSPS) is 10.1. The zero-order valence-electron chi connectivity index (χ0n) is 9.52. The minimum atomic E-state index is -0.990. The molecule has 0 saturated carbocycles. The molecule has 2 aromatic heterocycles. The van der Waals surface area contributed by atoms with Gasteiger partial charge in [0.25, 0.3) is 0 Å². The highest BCUT2D eigenvalue weighted by Crippen LogP contribution is 2.35. The number of aldehydes is 1. The number of rotatable bonds is 5. The Morgan fingerprint density at radius 2 is 1.74 bits per heavy atom. The number of hydrogen-bond donors (Lipinski definition) is 1. The van der Waals surface area contributed by atoms with E-state index in [9.17, 15) is 9.59 Å². The van der Waals surface area contributed by atoms with Crippen LogP contribution in [-0.4, -0.2) is 27.3 Å². The van der Waals surface area contributed by atoms with E-state index in [0.717, 1.165) is 6.29 Å². The van der Waals surface area contributed by atoms with Crippen LogP contribution in [0.1, 0.15) is 20.7 Å². The number of carbonyl (C=O) groups is 2. The second kappa shape index (κ2) is 6.35. The maximum atomic E-state index is 10.8. The van der Waals surface area contributed by atoms with Crippen LogP contribution in [0.2, 0.25) is 0 Å². The van der Waals surface area contributed by atoms with E-state index in [4.69, 9.17) is 5.11 Å². The molecule has 0 unspecified atom stereocenters. The van der Waals surface area contributed by atoms with Crippen molar-refractivity contribution in [3.8, 4) is 0 Å². The van der Waals surface area contributed by atoms with Crippen molar-refractivity contribution in [1.29, 1.82) is 0 Å². The van der Waals surface area contributed by atoms with Crippen molar-refractivity contribution >= 4 is 33.8 Å². The first kappa shape index (κ1) is 13.6. The summed E-state index contributed by atoms with van der Waals surface area (Å²) in [5.74, 6) is -0.990. The van der Waals surface area contributed by atoms with Crippen molar-refractivity contribution in [2.24, 2.45) is 0 Å². The molecule has 2 aromatic rings. The number of aromatic nitrogens is 2. The Morgan fingerprint density at radius 1 is 1.11 bits per heavy atom. The number of carboxylic acid groups (broad SMARTS) is 1. The number of carbonyl (C=O) groups excluding carboxylic acids is 1. The minimum Gasteiger partial charge on any atom is -0.478 e. The molecule has 0 aliphatic rings. The first-order valence-electron chi connectivity index (χ1n) is 5.14. The van der Waals surface area contributed by atoms with Crippen molar-refractivity contribution in [3.05, 3.63) is 47.8 Å². The Kier molecular flexibility index (Phi) is 4.53. The zero-order valence-corrected chi connectivity index (χ0v) is 11.1. The number of nitrogens with zero attached hydrogens (tertiary/aromatic N) is 2. The molecular formula is C12H8N2O3S2. The van der Waals surface area contributed by atoms with E-state index in [-0.39, 0.29) is 5.56 Å². The minimum absolute atomic E-state index is 0.188. The van der Waals surface area contributed by atoms with Gasteiger partial charge in [0.15, 0.2) is 0 Å². The molecule has 0 saturated heterocycles. The Bertz CT molecular complexity index is 619. The van der Waals surface area contributed by atoms with Gasteiger partial charge in [-0.05, 0) is 45.9 Å². The molecule has 0 aliphatic heterocycles. The summed E-state index contributed by atoms with van der Waals surface area (Å²) in [6.07, 6.45) is 3.75. The fraction of sp³-hybridized carbons (Fsp3) is 0. The van der Waals surface area contributed by atoms with Crippen LogP contribution in [0.15, 0.2) is 46.7 Å². The average molecular weight is 292 g/mol. The van der Waals surface area contributed by atoms with Crippen molar-refractivity contribution in [3.63, 3.8) is 0 Å². The lowest BCUT2D eigenvalue weighted by Crippen LogP contribution is -1.96. The Balaban J connectivity index is 2.07. The summed E-state index contributed by atoms with van der Waals surface area (Å²) in [5, 5.41) is 10.1. The first-order valence-corrected chi connectivity index (χ1v) is 7.29. The molecular weight excluding hydrogens is 284 g/mol. The van der Waals surface area contributed by atoms with E-state index in [1.807, 2.05) is 0 Å². The van der Waals surface area contributed by atoms with Crippen LogP contribution in [-0.2, 0) is 0 Å². The lowest BCUT2D eigenvalue weighted by atomic mass is 10.3. The van der Waals surface area contributed by atoms with E-state index in [2.05, 4.69) is 9.97 Å². The van der Waals surface area contributed by atoms with E-state index in [1.165, 1.54) is 39.9 Å². The van der Waals surface area contributed by atoms with Crippen LogP contribution >= 0.6 is 21.6 Å². The maximum absolute atomic E-state index is 10.8. The predicted octanol–water partition coefficient (Wildman–Crippen LogP) is 2.79. The van der Waals surface area contributed by atoms with Crippen molar-refractivity contribution in [2.75, 3.05) is 0 Å². The predicted molar refractivity (Wildman–Crippen MR) is 72.5 cm³/mol. The number of carboxylic acids is 1. The van der Waals surface area contributed by atoms with Crippen LogP contribution in [0.4, 0.5) is 0 Å². The van der Waals surface area contributed by atoms with Crippen LogP contribution in [0.25, 0.3) is 0 Å². The molecule has 0 aromatic carbocycles. The smallest absolute Gasteiger partial charge is 0.335 e. The topological polar surface area (TPSA) is 80.2 Å². The van der Waals surface area contributed by atoms with Gasteiger partial charge in [-0.2, -0.15) is 0 Å². The molecule has 2 rings (SSSR count). The van der Waals surface area contributed by atoms with Crippen LogP contribution in [0, 0.1) is 0 Å². The highest BCUT2D eigenvalue weighted by Gasteiger charge is 2.06. The van der Waals surface area contributed by atoms with Gasteiger partial charge in [-0.25, -0.2) is 14.8 Å². The number of aromatic carboxylic acids is 1. The molecule has 1 N–H and O–H groups in total. The Morgan fingerprint density at radius 3 is 2.37 bits per heavy atom. The summed E-state index contributed by atoms with van der Waals surface area (Å²) in [6.45, 7) is 0. The Labute approximate surface area is 116 Å². The summed E-state index contributed by atoms with van der Waals surface area (Å²) in [5.41, 5.74) is 0.734. The molecule has 0 atom stereocenters. The molecule has 0 aliphatic carbocycles. The third-order valence-electron chi connectivity index (χ3n) is 2.09. The van der Waals surface area contributed by atoms with Gasteiger partial charge in [0.2, 0.25) is 0 Å². The first-order chi connectivity index (χ1) is 9.19. The second-order valence-corrected chi connectivity index (χ2v) is 5.57. The summed E-state index contributed by atoms with van der Waals surface area (Å²) >= 11 is 0. The van der Waals surface area contributed by atoms with Crippen molar-refractivity contribution in [1.82, 2.24) is 9.97 Å². The van der Waals surface area contributed by atoms with E-state index in [1.54, 1.807) is 18.3 Å². The maximum Gasteiger partial charge on any atom is 0.335 e. The summed E-state index contributed by atoms with van der Waals surface area (Å²) < 4.78 is 0. The van der Waals surface area contributed by atoms with Gasteiger partial charge in [0.1, 0.15) is 16.3 Å². The third-order valence-corrected chi connectivity index (χ3v) is 4.24.